The summed E-state index contributed by atoms with van der Waals surface area (Å²) in [6.07, 6.45) is 7.38. The van der Waals surface area contributed by atoms with Gasteiger partial charge in [-0.1, -0.05) is 11.6 Å². The highest BCUT2D eigenvalue weighted by Crippen LogP contribution is 2.35. The van der Waals surface area contributed by atoms with E-state index in [9.17, 15) is 13.5 Å². The predicted octanol–water partition coefficient (Wildman–Crippen LogP) is 4.07. The summed E-state index contributed by atoms with van der Waals surface area (Å²) in [4.78, 5) is 37.5. The Morgan fingerprint density at radius 3 is 2.71 bits per heavy atom. The van der Waals surface area contributed by atoms with Crippen LogP contribution in [0, 0.1) is 23.2 Å². The Balaban J connectivity index is 1.31. The highest BCUT2D eigenvalue weighted by atomic mass is 35.5. The van der Waals surface area contributed by atoms with E-state index in [2.05, 4.69) is 26.5 Å². The maximum absolute atomic E-state index is 13.8. The molecule has 1 atom stereocenters. The third-order valence-corrected chi connectivity index (χ3v) is 7.81. The number of fused-ring (bicyclic) bond motifs is 2. The second-order valence-electron chi connectivity index (χ2n) is 9.61. The summed E-state index contributed by atoms with van der Waals surface area (Å²) in [7, 11) is 0. The van der Waals surface area contributed by atoms with Gasteiger partial charge in [-0.2, -0.15) is 10.4 Å². The van der Waals surface area contributed by atoms with Crippen molar-refractivity contribution >= 4 is 57.8 Å². The quantitative estimate of drug-likeness (QED) is 0.382. The van der Waals surface area contributed by atoms with Gasteiger partial charge in [0.05, 0.1) is 29.5 Å². The molecule has 194 valence electrons. The third-order valence-electron chi connectivity index (χ3n) is 7.15. The highest BCUT2D eigenvalue weighted by Gasteiger charge is 2.40. The van der Waals surface area contributed by atoms with Crippen LogP contribution in [0.25, 0.3) is 27.9 Å². The van der Waals surface area contributed by atoms with Gasteiger partial charge in [-0.25, -0.2) is 18.6 Å². The molecular weight excluding hydrogens is 531 g/mol. The second-order valence-corrected chi connectivity index (χ2v) is 10.6. The van der Waals surface area contributed by atoms with Crippen molar-refractivity contribution in [1.29, 1.82) is 5.26 Å². The van der Waals surface area contributed by atoms with E-state index >= 15 is 0 Å². The van der Waals surface area contributed by atoms with Crippen LogP contribution < -0.4 is 5.32 Å². The number of benzene rings is 1. The van der Waals surface area contributed by atoms with Crippen molar-refractivity contribution in [2.45, 2.75) is 31.7 Å². The van der Waals surface area contributed by atoms with Crippen LogP contribution in [0.5, 0.6) is 0 Å². The van der Waals surface area contributed by atoms with E-state index in [1.165, 1.54) is 12.4 Å². The van der Waals surface area contributed by atoms with E-state index in [-0.39, 0.29) is 46.8 Å². The van der Waals surface area contributed by atoms with Gasteiger partial charge in [0.25, 0.3) is 5.91 Å². The molecule has 2 amide bonds. The summed E-state index contributed by atoms with van der Waals surface area (Å²) < 4.78 is 16.4. The summed E-state index contributed by atoms with van der Waals surface area (Å²) in [5.41, 5.74) is 1.23. The van der Waals surface area contributed by atoms with Crippen LogP contribution in [0.15, 0.2) is 36.8 Å². The topological polar surface area (TPSA) is 122 Å². The van der Waals surface area contributed by atoms with Gasteiger partial charge in [0.2, 0.25) is 5.91 Å². The van der Waals surface area contributed by atoms with Crippen molar-refractivity contribution in [2.75, 3.05) is 13.1 Å². The van der Waals surface area contributed by atoms with Crippen LogP contribution in [-0.2, 0) is 4.79 Å². The lowest BCUT2D eigenvalue weighted by molar-refractivity contribution is -0.135. The molecule has 4 heterocycles. The molecule has 1 aromatic carbocycles. The van der Waals surface area contributed by atoms with Gasteiger partial charge in [0.1, 0.15) is 11.6 Å². The molecule has 2 aliphatic rings. The SMILES string of the molecule is N#CC1CCN(C(=O)C(NC(=O)c2cn(SF)c3ncc(-n4ncc5cc(Cl)ccc54)nc23)C2CC2)CC1. The molecule has 38 heavy (non-hydrogen) atoms. The smallest absolute Gasteiger partial charge is 0.255 e. The number of carbonyl (C=O) groups is 2. The lowest BCUT2D eigenvalue weighted by atomic mass is 9.97. The lowest BCUT2D eigenvalue weighted by Gasteiger charge is -2.32. The fourth-order valence-corrected chi connectivity index (χ4v) is 5.44. The Kier molecular flexibility index (Phi) is 6.41. The normalized spacial score (nSPS) is 17.0. The van der Waals surface area contributed by atoms with Crippen molar-refractivity contribution < 1.29 is 13.5 Å². The number of amides is 2. The van der Waals surface area contributed by atoms with Crippen LogP contribution in [0.4, 0.5) is 3.89 Å². The third kappa shape index (κ3) is 4.46. The largest absolute Gasteiger partial charge is 0.341 e. The maximum atomic E-state index is 13.8. The first-order valence-electron chi connectivity index (χ1n) is 12.3. The number of rotatable bonds is 6. The number of carbonyl (C=O) groups excluding carboxylic acids is 2. The Bertz CT molecular complexity index is 1600. The van der Waals surface area contributed by atoms with E-state index in [1.54, 1.807) is 34.0 Å². The Morgan fingerprint density at radius 1 is 1.21 bits per heavy atom. The minimum Gasteiger partial charge on any atom is -0.341 e. The standard InChI is InChI=1S/C25H22ClFN8O2S/c26-17-3-4-19-16(9-17)11-30-35(19)20-12-29-23-22(31-20)18(13-34(23)38-27)24(36)32-21(15-1-2-15)25(37)33-7-5-14(10-28)6-8-33/h3-4,9,11-15,21H,1-2,5-8H2,(H,32,36). The molecule has 10 nitrogen and oxygen atoms in total. The molecule has 0 spiro atoms. The predicted molar refractivity (Wildman–Crippen MR) is 140 cm³/mol. The Hall–Kier alpha value is -3.69. The summed E-state index contributed by atoms with van der Waals surface area (Å²) >= 11 is 6.00. The van der Waals surface area contributed by atoms with Gasteiger partial charge in [-0.05, 0) is 49.8 Å². The molecule has 1 saturated heterocycles. The summed E-state index contributed by atoms with van der Waals surface area (Å²) in [6, 6.07) is 6.90. The molecule has 1 saturated carbocycles. The number of nitrogens with zero attached hydrogens (tertiary/aromatic N) is 7. The number of piperidine rings is 1. The molecule has 0 bridgehead atoms. The number of nitrogens with one attached hydrogen (secondary N) is 1. The van der Waals surface area contributed by atoms with Crippen LogP contribution in [0.2, 0.25) is 5.02 Å². The van der Waals surface area contributed by atoms with E-state index < -0.39 is 11.9 Å². The molecule has 1 unspecified atom stereocenters. The molecular formula is C25H22ClFN8O2S. The van der Waals surface area contributed by atoms with Gasteiger partial charge in [-0.15, -0.1) is 3.89 Å². The van der Waals surface area contributed by atoms with Crippen LogP contribution in [-0.4, -0.2) is 59.6 Å². The van der Waals surface area contributed by atoms with Gasteiger partial charge < -0.3 is 10.2 Å². The molecule has 1 N–H and O–H groups in total. The zero-order chi connectivity index (χ0) is 26.4. The Labute approximate surface area is 226 Å². The second kappa shape index (κ2) is 9.89. The average Bonchev–Trinajstić information content (AvgIpc) is 3.59. The van der Waals surface area contributed by atoms with Crippen LogP contribution >= 0.6 is 23.9 Å². The lowest BCUT2D eigenvalue weighted by Crippen LogP contribution is -2.51. The van der Waals surface area contributed by atoms with Crippen LogP contribution in [0.3, 0.4) is 0 Å². The first-order valence-corrected chi connectivity index (χ1v) is 13.3. The Morgan fingerprint density at radius 2 is 2.00 bits per heavy atom. The van der Waals surface area contributed by atoms with Gasteiger partial charge in [0, 0.05) is 35.6 Å². The maximum Gasteiger partial charge on any atom is 0.255 e. The van der Waals surface area contributed by atoms with Crippen molar-refractivity contribution in [3.63, 3.8) is 0 Å². The molecule has 6 rings (SSSR count). The van der Waals surface area contributed by atoms with Crippen molar-refractivity contribution in [2.24, 2.45) is 11.8 Å². The first kappa shape index (κ1) is 24.6. The summed E-state index contributed by atoms with van der Waals surface area (Å²) in [5.74, 6) is -0.319. The van der Waals surface area contributed by atoms with E-state index in [0.717, 1.165) is 27.7 Å². The minimum absolute atomic E-state index is 0.0472. The van der Waals surface area contributed by atoms with Crippen LogP contribution in [0.1, 0.15) is 36.0 Å². The number of hydrogen-bond acceptors (Lipinski definition) is 7. The first-order chi connectivity index (χ1) is 18.5. The van der Waals surface area contributed by atoms with Crippen molar-refractivity contribution in [3.8, 4) is 11.9 Å². The summed E-state index contributed by atoms with van der Waals surface area (Å²) in [6.45, 7) is 0.984. The van der Waals surface area contributed by atoms with Gasteiger partial charge >= 0.3 is 0 Å². The molecule has 2 fully saturated rings. The monoisotopic (exact) mass is 552 g/mol. The van der Waals surface area contributed by atoms with E-state index in [0.29, 0.717) is 36.8 Å². The number of halogens is 2. The fraction of sp³-hybridized carbons (Fsp3) is 0.360. The molecule has 1 aliphatic heterocycles. The zero-order valence-corrected chi connectivity index (χ0v) is 21.6. The molecule has 1 aliphatic carbocycles. The minimum atomic E-state index is -0.687. The van der Waals surface area contributed by atoms with Crippen molar-refractivity contribution in [1.82, 2.24) is 33.9 Å². The molecule has 4 aromatic rings. The summed E-state index contributed by atoms with van der Waals surface area (Å²) in [5, 5.41) is 17.8. The molecule has 0 radical (unpaired) electrons. The van der Waals surface area contributed by atoms with Gasteiger partial charge in [0.15, 0.2) is 23.8 Å². The fourth-order valence-electron chi connectivity index (χ4n) is 4.92. The van der Waals surface area contributed by atoms with Crippen molar-refractivity contribution in [3.05, 3.63) is 47.4 Å². The highest BCUT2D eigenvalue weighted by molar-refractivity contribution is 7.92. The molecule has 13 heteroatoms. The number of hydrogen-bond donors (Lipinski definition) is 1. The zero-order valence-electron chi connectivity index (χ0n) is 20.0. The van der Waals surface area contributed by atoms with E-state index in [1.807, 2.05) is 0 Å². The molecule has 3 aromatic heterocycles. The number of nitriles is 1. The number of aromatic nitrogens is 5. The number of likely N-dealkylation sites (tertiary alicyclic amines) is 1. The van der Waals surface area contributed by atoms with E-state index in [4.69, 9.17) is 16.9 Å². The van der Waals surface area contributed by atoms with Gasteiger partial charge in [-0.3, -0.25) is 9.59 Å². The average molecular weight is 553 g/mol.